The molecule has 3 nitrogen and oxygen atoms in total. The van der Waals surface area contributed by atoms with Gasteiger partial charge in [0.05, 0.1) is 0 Å². The maximum absolute atomic E-state index is 11.3. The predicted octanol–water partition coefficient (Wildman–Crippen LogP) is 1.88. The summed E-state index contributed by atoms with van der Waals surface area (Å²) in [6, 6.07) is 0.0123. The maximum atomic E-state index is 11.3. The van der Waals surface area contributed by atoms with E-state index in [-0.39, 0.29) is 6.03 Å². The van der Waals surface area contributed by atoms with Crippen molar-refractivity contribution in [3.63, 3.8) is 0 Å². The van der Waals surface area contributed by atoms with E-state index in [4.69, 9.17) is 0 Å². The number of hydrogen-bond donors (Lipinski definition) is 1. The summed E-state index contributed by atoms with van der Waals surface area (Å²) in [6.45, 7) is 3.72. The first-order chi connectivity index (χ1) is 6.34. The van der Waals surface area contributed by atoms with E-state index in [1.54, 1.807) is 6.20 Å². The number of nitrogens with zero attached hydrogens (tertiary/aromatic N) is 1. The van der Waals surface area contributed by atoms with Crippen molar-refractivity contribution >= 4 is 6.03 Å². The molecule has 1 rings (SSSR count). The molecule has 0 aromatic heterocycles. The number of urea groups is 1. The smallest absolute Gasteiger partial charge is 0.321 e. The van der Waals surface area contributed by atoms with Crippen LogP contribution in [0.3, 0.4) is 0 Å². The molecule has 0 unspecified atom stereocenters. The minimum Gasteiger partial charge on any atom is -0.325 e. The van der Waals surface area contributed by atoms with Crippen LogP contribution in [0.1, 0.15) is 19.8 Å². The van der Waals surface area contributed by atoms with Gasteiger partial charge in [-0.2, -0.15) is 0 Å². The monoisotopic (exact) mass is 180 g/mol. The molecule has 1 aliphatic heterocycles. The quantitative estimate of drug-likeness (QED) is 0.646. The van der Waals surface area contributed by atoms with Crippen molar-refractivity contribution in [2.24, 2.45) is 0 Å². The fraction of sp³-hybridized carbons (Fsp3) is 0.500. The molecule has 1 saturated heterocycles. The van der Waals surface area contributed by atoms with Crippen LogP contribution in [-0.4, -0.2) is 24.0 Å². The van der Waals surface area contributed by atoms with Gasteiger partial charge in [-0.1, -0.05) is 12.2 Å². The number of allylic oxidation sites excluding steroid dienone is 3. The van der Waals surface area contributed by atoms with Crippen LogP contribution in [0.2, 0.25) is 0 Å². The molecule has 0 aromatic carbocycles. The van der Waals surface area contributed by atoms with Crippen molar-refractivity contribution in [3.05, 3.63) is 24.4 Å². The van der Waals surface area contributed by atoms with Crippen molar-refractivity contribution in [2.75, 3.05) is 13.1 Å². The second-order valence-corrected chi connectivity index (χ2v) is 3.03. The Morgan fingerprint density at radius 2 is 2.00 bits per heavy atom. The molecule has 0 aromatic rings. The van der Waals surface area contributed by atoms with Crippen LogP contribution in [0.4, 0.5) is 4.79 Å². The van der Waals surface area contributed by atoms with Gasteiger partial charge < -0.3 is 10.2 Å². The average Bonchev–Trinajstić information content (AvgIpc) is 2.65. The molecular formula is C10H16N2O. The van der Waals surface area contributed by atoms with Gasteiger partial charge in [0.15, 0.2) is 0 Å². The van der Waals surface area contributed by atoms with E-state index in [0.29, 0.717) is 0 Å². The van der Waals surface area contributed by atoms with Crippen LogP contribution >= 0.6 is 0 Å². The molecule has 0 aliphatic carbocycles. The number of hydrogen-bond acceptors (Lipinski definition) is 1. The van der Waals surface area contributed by atoms with Crippen molar-refractivity contribution in [2.45, 2.75) is 19.8 Å². The molecule has 13 heavy (non-hydrogen) atoms. The van der Waals surface area contributed by atoms with Gasteiger partial charge in [-0.3, -0.25) is 0 Å². The van der Waals surface area contributed by atoms with Crippen LogP contribution in [0, 0.1) is 0 Å². The second-order valence-electron chi connectivity index (χ2n) is 3.03. The Kier molecular flexibility index (Phi) is 4.09. The molecule has 0 spiro atoms. The van der Waals surface area contributed by atoms with Gasteiger partial charge in [0, 0.05) is 19.3 Å². The molecule has 0 bridgehead atoms. The Labute approximate surface area is 79.1 Å². The largest absolute Gasteiger partial charge is 0.325 e. The highest BCUT2D eigenvalue weighted by atomic mass is 16.2. The summed E-state index contributed by atoms with van der Waals surface area (Å²) in [5.74, 6) is 0. The van der Waals surface area contributed by atoms with Crippen LogP contribution in [0.25, 0.3) is 0 Å². The Balaban J connectivity index is 2.24. The van der Waals surface area contributed by atoms with Gasteiger partial charge >= 0.3 is 6.03 Å². The molecule has 72 valence electrons. The standard InChI is InChI=1S/C10H16N2O/c1-2-3-4-7-11-10(13)12-8-5-6-9-12/h2-4,7H,5-6,8-9H2,1H3,(H,11,13)/b3-2+,7-4-. The molecule has 2 amide bonds. The van der Waals surface area contributed by atoms with Gasteiger partial charge in [-0.15, -0.1) is 0 Å². The number of rotatable bonds is 2. The summed E-state index contributed by atoms with van der Waals surface area (Å²) in [7, 11) is 0. The Bertz CT molecular complexity index is 215. The fourth-order valence-corrected chi connectivity index (χ4v) is 1.30. The lowest BCUT2D eigenvalue weighted by Crippen LogP contribution is -2.34. The third-order valence-electron chi connectivity index (χ3n) is 2.00. The predicted molar refractivity (Wildman–Crippen MR) is 53.3 cm³/mol. The summed E-state index contributed by atoms with van der Waals surface area (Å²) in [4.78, 5) is 13.2. The van der Waals surface area contributed by atoms with E-state index in [0.717, 1.165) is 25.9 Å². The summed E-state index contributed by atoms with van der Waals surface area (Å²) in [5, 5.41) is 2.71. The van der Waals surface area contributed by atoms with E-state index >= 15 is 0 Å². The first-order valence-electron chi connectivity index (χ1n) is 4.68. The van der Waals surface area contributed by atoms with Gasteiger partial charge in [-0.25, -0.2) is 4.79 Å². The molecule has 0 atom stereocenters. The maximum Gasteiger partial charge on any atom is 0.321 e. The van der Waals surface area contributed by atoms with Crippen LogP contribution < -0.4 is 5.32 Å². The third kappa shape index (κ3) is 3.32. The highest BCUT2D eigenvalue weighted by molar-refractivity contribution is 5.75. The van der Waals surface area contributed by atoms with Crippen LogP contribution in [0.15, 0.2) is 24.4 Å². The normalized spacial score (nSPS) is 17.5. The Hall–Kier alpha value is -1.25. The summed E-state index contributed by atoms with van der Waals surface area (Å²) >= 11 is 0. The summed E-state index contributed by atoms with van der Waals surface area (Å²) < 4.78 is 0. The zero-order valence-corrected chi connectivity index (χ0v) is 7.99. The molecule has 3 heteroatoms. The van der Waals surface area contributed by atoms with Crippen LogP contribution in [-0.2, 0) is 0 Å². The minimum atomic E-state index is 0.0123. The van der Waals surface area contributed by atoms with Crippen molar-refractivity contribution < 1.29 is 4.79 Å². The lowest BCUT2D eigenvalue weighted by molar-refractivity contribution is 0.212. The molecule has 1 fully saturated rings. The van der Waals surface area contributed by atoms with Gasteiger partial charge in [0.1, 0.15) is 0 Å². The first kappa shape index (κ1) is 9.84. The number of likely N-dealkylation sites (tertiary alicyclic amines) is 1. The summed E-state index contributed by atoms with van der Waals surface area (Å²) in [5.41, 5.74) is 0. The topological polar surface area (TPSA) is 32.3 Å². The van der Waals surface area contributed by atoms with E-state index < -0.39 is 0 Å². The molecule has 1 heterocycles. The Morgan fingerprint density at radius 1 is 1.31 bits per heavy atom. The molecule has 1 N–H and O–H groups in total. The van der Waals surface area contributed by atoms with E-state index in [9.17, 15) is 4.79 Å². The van der Waals surface area contributed by atoms with Gasteiger partial charge in [0.2, 0.25) is 0 Å². The average molecular weight is 180 g/mol. The van der Waals surface area contributed by atoms with Gasteiger partial charge in [0.25, 0.3) is 0 Å². The highest BCUT2D eigenvalue weighted by Crippen LogP contribution is 2.06. The molecule has 1 aliphatic rings. The number of amides is 2. The van der Waals surface area contributed by atoms with Crippen molar-refractivity contribution in [3.8, 4) is 0 Å². The van der Waals surface area contributed by atoms with Crippen molar-refractivity contribution in [1.29, 1.82) is 0 Å². The Morgan fingerprint density at radius 3 is 2.62 bits per heavy atom. The summed E-state index contributed by atoms with van der Waals surface area (Å²) in [6.07, 6.45) is 9.54. The number of nitrogens with one attached hydrogen (secondary N) is 1. The minimum absolute atomic E-state index is 0.0123. The molecule has 0 saturated carbocycles. The second kappa shape index (κ2) is 5.41. The lowest BCUT2D eigenvalue weighted by atomic mass is 10.4. The highest BCUT2D eigenvalue weighted by Gasteiger charge is 2.15. The van der Waals surface area contributed by atoms with Crippen LogP contribution in [0.5, 0.6) is 0 Å². The van der Waals surface area contributed by atoms with E-state index in [1.807, 2.05) is 30.1 Å². The lowest BCUT2D eigenvalue weighted by Gasteiger charge is -2.13. The van der Waals surface area contributed by atoms with E-state index in [2.05, 4.69) is 5.32 Å². The zero-order valence-electron chi connectivity index (χ0n) is 7.99. The fourth-order valence-electron chi connectivity index (χ4n) is 1.30. The van der Waals surface area contributed by atoms with E-state index in [1.165, 1.54) is 0 Å². The zero-order chi connectivity index (χ0) is 9.52. The van der Waals surface area contributed by atoms with Gasteiger partial charge in [-0.05, 0) is 25.8 Å². The third-order valence-corrected chi connectivity index (χ3v) is 2.00. The molecular weight excluding hydrogens is 164 g/mol. The first-order valence-corrected chi connectivity index (χ1v) is 4.68. The number of carbonyl (C=O) groups excluding carboxylic acids is 1. The number of carbonyl (C=O) groups is 1. The SMILES string of the molecule is C/C=C/C=C\NC(=O)N1CCCC1. The molecule has 0 radical (unpaired) electrons. The van der Waals surface area contributed by atoms with Crippen molar-refractivity contribution in [1.82, 2.24) is 10.2 Å².